The molecule has 1 amide bonds. The van der Waals surface area contributed by atoms with Gasteiger partial charge in [-0.05, 0) is 27.2 Å². The normalized spacial score (nSPS) is 9.33. The van der Waals surface area contributed by atoms with Gasteiger partial charge in [-0.15, -0.1) is 0 Å². The molecule has 0 heterocycles. The van der Waals surface area contributed by atoms with E-state index >= 15 is 0 Å². The molecule has 0 aromatic rings. The average molecular weight is 171 g/mol. The topological polar surface area (TPSA) is 38.3 Å². The number of carbonyl (C=O) groups excluding carboxylic acids is 1. The highest BCUT2D eigenvalue weighted by atomic mass is 16.6. The van der Waals surface area contributed by atoms with Crippen LogP contribution in [0.2, 0.25) is 0 Å². The maximum absolute atomic E-state index is 11.2. The molecule has 1 N–H and O–H groups in total. The zero-order valence-electron chi connectivity index (χ0n) is 8.23. The second-order valence-corrected chi connectivity index (χ2v) is 2.90. The molecule has 0 spiro atoms. The number of nitrogens with one attached hydrogen (secondary N) is 1. The van der Waals surface area contributed by atoms with Crippen LogP contribution in [0.4, 0.5) is 0 Å². The molecule has 0 radical (unpaired) electrons. The SMILES string of the molecule is CCCONC(=O)C(C)=C(C)C. The first kappa shape index (κ1) is 11.2. The standard InChI is InChI=1S/C9H17NO2/c1-5-6-12-10-9(11)8(4)7(2)3/h5-6H2,1-4H3,(H,10,11). The fraction of sp³-hybridized carbons (Fsp3) is 0.667. The lowest BCUT2D eigenvalue weighted by Gasteiger charge is -2.05. The van der Waals surface area contributed by atoms with Gasteiger partial charge in [-0.3, -0.25) is 9.63 Å². The van der Waals surface area contributed by atoms with Gasteiger partial charge in [0.05, 0.1) is 6.61 Å². The predicted octanol–water partition coefficient (Wildman–Crippen LogP) is 1.80. The summed E-state index contributed by atoms with van der Waals surface area (Å²) >= 11 is 0. The van der Waals surface area contributed by atoms with Crippen LogP contribution in [0, 0.1) is 0 Å². The van der Waals surface area contributed by atoms with Gasteiger partial charge >= 0.3 is 0 Å². The lowest BCUT2D eigenvalue weighted by Crippen LogP contribution is -2.25. The summed E-state index contributed by atoms with van der Waals surface area (Å²) in [7, 11) is 0. The third-order valence-electron chi connectivity index (χ3n) is 1.56. The van der Waals surface area contributed by atoms with Crippen molar-refractivity contribution in [1.29, 1.82) is 0 Å². The van der Waals surface area contributed by atoms with Crippen molar-refractivity contribution in [3.8, 4) is 0 Å². The first-order valence-corrected chi connectivity index (χ1v) is 4.15. The molecule has 0 aromatic heterocycles. The number of allylic oxidation sites excluding steroid dienone is 1. The smallest absolute Gasteiger partial charge is 0.270 e. The number of hydrogen-bond donors (Lipinski definition) is 1. The molecule has 0 saturated carbocycles. The van der Waals surface area contributed by atoms with Gasteiger partial charge in [0.1, 0.15) is 0 Å². The molecule has 0 saturated heterocycles. The van der Waals surface area contributed by atoms with E-state index in [1.165, 1.54) is 0 Å². The van der Waals surface area contributed by atoms with Crippen molar-refractivity contribution in [3.05, 3.63) is 11.1 Å². The summed E-state index contributed by atoms with van der Waals surface area (Å²) in [5, 5.41) is 0. The summed E-state index contributed by atoms with van der Waals surface area (Å²) in [5.41, 5.74) is 4.09. The highest BCUT2D eigenvalue weighted by molar-refractivity contribution is 5.92. The number of rotatable bonds is 4. The molecule has 0 fully saturated rings. The van der Waals surface area contributed by atoms with Gasteiger partial charge in [-0.2, -0.15) is 0 Å². The summed E-state index contributed by atoms with van der Waals surface area (Å²) in [6, 6.07) is 0. The second-order valence-electron chi connectivity index (χ2n) is 2.90. The fourth-order valence-electron chi connectivity index (χ4n) is 0.522. The minimum atomic E-state index is -0.150. The number of amides is 1. The Hall–Kier alpha value is -0.830. The van der Waals surface area contributed by atoms with E-state index in [9.17, 15) is 4.79 Å². The van der Waals surface area contributed by atoms with Crippen LogP contribution >= 0.6 is 0 Å². The minimum Gasteiger partial charge on any atom is -0.273 e. The first-order chi connectivity index (χ1) is 5.59. The Bertz CT molecular complexity index is 181. The van der Waals surface area contributed by atoms with E-state index in [2.05, 4.69) is 5.48 Å². The zero-order chi connectivity index (χ0) is 9.56. The quantitative estimate of drug-likeness (QED) is 0.398. The molecule has 0 aliphatic rings. The van der Waals surface area contributed by atoms with Gasteiger partial charge in [-0.1, -0.05) is 12.5 Å². The maximum Gasteiger partial charge on any atom is 0.270 e. The summed E-state index contributed by atoms with van der Waals surface area (Å²) < 4.78 is 0. The van der Waals surface area contributed by atoms with Crippen molar-refractivity contribution in [1.82, 2.24) is 5.48 Å². The van der Waals surface area contributed by atoms with Crippen LogP contribution in [-0.4, -0.2) is 12.5 Å². The van der Waals surface area contributed by atoms with E-state index in [0.29, 0.717) is 12.2 Å². The molecule has 0 atom stereocenters. The Morgan fingerprint density at radius 2 is 1.92 bits per heavy atom. The molecule has 3 heteroatoms. The Morgan fingerprint density at radius 1 is 1.33 bits per heavy atom. The number of carbonyl (C=O) groups is 1. The molecule has 70 valence electrons. The van der Waals surface area contributed by atoms with E-state index in [0.717, 1.165) is 12.0 Å². The summed E-state index contributed by atoms with van der Waals surface area (Å²) in [4.78, 5) is 16.0. The molecule has 0 rings (SSSR count). The van der Waals surface area contributed by atoms with Gasteiger partial charge in [0.15, 0.2) is 0 Å². The van der Waals surface area contributed by atoms with Crippen molar-refractivity contribution in [2.24, 2.45) is 0 Å². The van der Waals surface area contributed by atoms with Gasteiger partial charge in [0.2, 0.25) is 0 Å². The third-order valence-corrected chi connectivity index (χ3v) is 1.56. The lowest BCUT2D eigenvalue weighted by atomic mass is 10.2. The zero-order valence-corrected chi connectivity index (χ0v) is 8.23. The van der Waals surface area contributed by atoms with Crippen molar-refractivity contribution < 1.29 is 9.63 Å². The van der Waals surface area contributed by atoms with Gasteiger partial charge in [-0.25, -0.2) is 5.48 Å². The Labute approximate surface area is 73.7 Å². The Morgan fingerprint density at radius 3 is 2.33 bits per heavy atom. The highest BCUT2D eigenvalue weighted by Crippen LogP contribution is 2.00. The van der Waals surface area contributed by atoms with Crippen molar-refractivity contribution in [3.63, 3.8) is 0 Å². The molecule has 3 nitrogen and oxygen atoms in total. The summed E-state index contributed by atoms with van der Waals surface area (Å²) in [5.74, 6) is -0.150. The van der Waals surface area contributed by atoms with Crippen LogP contribution in [0.3, 0.4) is 0 Å². The maximum atomic E-state index is 11.2. The Kier molecular flexibility index (Phi) is 5.37. The fourth-order valence-corrected chi connectivity index (χ4v) is 0.522. The summed E-state index contributed by atoms with van der Waals surface area (Å²) in [6.45, 7) is 8.12. The van der Waals surface area contributed by atoms with Gasteiger partial charge in [0.25, 0.3) is 5.91 Å². The molecule has 0 aliphatic heterocycles. The number of hydroxylamine groups is 1. The lowest BCUT2D eigenvalue weighted by molar-refractivity contribution is -0.129. The molecule has 0 aromatic carbocycles. The predicted molar refractivity (Wildman–Crippen MR) is 48.4 cm³/mol. The van der Waals surface area contributed by atoms with Crippen LogP contribution < -0.4 is 5.48 Å². The first-order valence-electron chi connectivity index (χ1n) is 4.15. The van der Waals surface area contributed by atoms with Crippen LogP contribution in [0.1, 0.15) is 34.1 Å². The second kappa shape index (κ2) is 5.77. The number of hydrogen-bond acceptors (Lipinski definition) is 2. The van der Waals surface area contributed by atoms with Crippen molar-refractivity contribution >= 4 is 5.91 Å². The van der Waals surface area contributed by atoms with E-state index in [1.807, 2.05) is 20.8 Å². The molecule has 0 unspecified atom stereocenters. The van der Waals surface area contributed by atoms with E-state index in [1.54, 1.807) is 6.92 Å². The van der Waals surface area contributed by atoms with Crippen LogP contribution in [0.5, 0.6) is 0 Å². The van der Waals surface area contributed by atoms with Gasteiger partial charge in [0, 0.05) is 5.57 Å². The van der Waals surface area contributed by atoms with E-state index < -0.39 is 0 Å². The highest BCUT2D eigenvalue weighted by Gasteiger charge is 2.03. The third kappa shape index (κ3) is 4.13. The largest absolute Gasteiger partial charge is 0.273 e. The molecule has 0 aliphatic carbocycles. The van der Waals surface area contributed by atoms with Crippen LogP contribution in [0.25, 0.3) is 0 Å². The summed E-state index contributed by atoms with van der Waals surface area (Å²) in [6.07, 6.45) is 0.897. The van der Waals surface area contributed by atoms with Crippen LogP contribution in [0.15, 0.2) is 11.1 Å². The molecular formula is C9H17NO2. The van der Waals surface area contributed by atoms with Crippen molar-refractivity contribution in [2.75, 3.05) is 6.61 Å². The molecule has 12 heavy (non-hydrogen) atoms. The van der Waals surface area contributed by atoms with Crippen molar-refractivity contribution in [2.45, 2.75) is 34.1 Å². The van der Waals surface area contributed by atoms with Crippen LogP contribution in [-0.2, 0) is 9.63 Å². The van der Waals surface area contributed by atoms with E-state index in [4.69, 9.17) is 4.84 Å². The van der Waals surface area contributed by atoms with E-state index in [-0.39, 0.29) is 5.91 Å². The molecular weight excluding hydrogens is 154 g/mol. The average Bonchev–Trinajstić information content (AvgIpc) is 2.03. The minimum absolute atomic E-state index is 0.150. The Balaban J connectivity index is 3.81. The van der Waals surface area contributed by atoms with Gasteiger partial charge < -0.3 is 0 Å². The monoisotopic (exact) mass is 171 g/mol. The molecule has 0 bridgehead atoms.